The number of rotatable bonds is 0. The summed E-state index contributed by atoms with van der Waals surface area (Å²) in [4.78, 5) is 38.2. The van der Waals surface area contributed by atoms with Gasteiger partial charge < -0.3 is 18.9 Å². The highest BCUT2D eigenvalue weighted by atomic mass is 16.6. The lowest BCUT2D eigenvalue weighted by molar-refractivity contribution is -0.0793. The predicted molar refractivity (Wildman–Crippen MR) is 175 cm³/mol. The Labute approximate surface area is 278 Å². The minimum Gasteiger partial charge on any atom is -0.491 e. The molecule has 4 aromatic carbocycles. The SMILES string of the molecule is O=C1N2Cc3ccccc3CN3C(=O)N4Cc5ccccc5CN1C41c4ccc(cc4)OCCOCCOCCOc4ccc(cc4)C231. The van der Waals surface area contributed by atoms with Crippen molar-refractivity contribution in [3.63, 3.8) is 0 Å². The van der Waals surface area contributed by atoms with Gasteiger partial charge in [-0.15, -0.1) is 0 Å². The van der Waals surface area contributed by atoms with Gasteiger partial charge in [-0.25, -0.2) is 9.59 Å². The van der Waals surface area contributed by atoms with Crippen LogP contribution in [0.3, 0.4) is 0 Å². The number of carbonyl (C=O) groups excluding carboxylic acids is 2. The van der Waals surface area contributed by atoms with Gasteiger partial charge >= 0.3 is 12.1 Å². The Morgan fingerprint density at radius 2 is 0.729 bits per heavy atom. The molecule has 10 nitrogen and oxygen atoms in total. The molecule has 10 heteroatoms. The maximum absolute atomic E-state index is 15.2. The smallest absolute Gasteiger partial charge is 0.325 e. The molecule has 0 aromatic heterocycles. The highest BCUT2D eigenvalue weighted by Crippen LogP contribution is 2.65. The van der Waals surface area contributed by atoms with Crippen molar-refractivity contribution >= 4 is 12.1 Å². The molecule has 0 aliphatic carbocycles. The zero-order chi connectivity index (χ0) is 32.3. The Kier molecular flexibility index (Phi) is 6.84. The molecular weight excluding hydrogens is 608 g/mol. The van der Waals surface area contributed by atoms with Crippen LogP contribution in [0.5, 0.6) is 11.5 Å². The second-order valence-corrected chi connectivity index (χ2v) is 12.8. The van der Waals surface area contributed by atoms with E-state index >= 15 is 9.59 Å². The van der Waals surface area contributed by atoms with Crippen LogP contribution >= 0.6 is 0 Å². The zero-order valence-electron chi connectivity index (χ0n) is 26.5. The van der Waals surface area contributed by atoms with E-state index in [1.807, 2.05) is 92.4 Å². The van der Waals surface area contributed by atoms with Gasteiger partial charge in [-0.1, -0.05) is 72.8 Å². The number of benzene rings is 4. The molecule has 244 valence electrons. The van der Waals surface area contributed by atoms with Gasteiger partial charge in [0.05, 0.1) is 52.6 Å². The van der Waals surface area contributed by atoms with Gasteiger partial charge in [0.2, 0.25) is 0 Å². The van der Waals surface area contributed by atoms with Crippen LogP contribution in [0, 0.1) is 0 Å². The molecule has 2 saturated heterocycles. The maximum atomic E-state index is 15.2. The van der Waals surface area contributed by atoms with Crippen LogP contribution in [0.1, 0.15) is 33.4 Å². The Balaban J connectivity index is 1.31. The van der Waals surface area contributed by atoms with E-state index in [4.69, 9.17) is 18.9 Å². The molecule has 0 atom stereocenters. The summed E-state index contributed by atoms with van der Waals surface area (Å²) in [6.45, 7) is 3.95. The number of amides is 4. The number of nitrogens with zero attached hydrogens (tertiary/aromatic N) is 4. The summed E-state index contributed by atoms with van der Waals surface area (Å²) in [5.74, 6) is 1.37. The average Bonchev–Trinajstić information content (AvgIpc) is 3.28. The molecule has 11 rings (SSSR count). The van der Waals surface area contributed by atoms with E-state index < -0.39 is 11.3 Å². The third-order valence-corrected chi connectivity index (χ3v) is 10.4. The minimum atomic E-state index is -1.22. The molecule has 7 aliphatic heterocycles. The number of ether oxygens (including phenoxy) is 4. The van der Waals surface area contributed by atoms with Crippen molar-refractivity contribution in [3.8, 4) is 11.5 Å². The van der Waals surface area contributed by atoms with E-state index in [0.717, 1.165) is 33.4 Å². The lowest BCUT2D eigenvalue weighted by Crippen LogP contribution is -2.62. The first-order valence-corrected chi connectivity index (χ1v) is 16.6. The Morgan fingerprint density at radius 3 is 1.06 bits per heavy atom. The largest absolute Gasteiger partial charge is 0.491 e. The van der Waals surface area contributed by atoms with Gasteiger partial charge in [0, 0.05) is 11.1 Å². The van der Waals surface area contributed by atoms with E-state index in [-0.39, 0.29) is 12.1 Å². The van der Waals surface area contributed by atoms with Crippen molar-refractivity contribution < 1.29 is 28.5 Å². The molecule has 0 unspecified atom stereocenters. The first-order chi connectivity index (χ1) is 23.6. The molecule has 7 heterocycles. The Morgan fingerprint density at radius 1 is 0.417 bits per heavy atom. The molecule has 2 fully saturated rings. The van der Waals surface area contributed by atoms with Crippen molar-refractivity contribution in [2.75, 3.05) is 39.6 Å². The van der Waals surface area contributed by atoms with Crippen molar-refractivity contribution in [2.45, 2.75) is 37.5 Å². The van der Waals surface area contributed by atoms with Gasteiger partial charge in [-0.2, -0.15) is 0 Å². The molecule has 0 N–H and O–H groups in total. The summed E-state index contributed by atoms with van der Waals surface area (Å²) < 4.78 is 23.5. The quantitative estimate of drug-likeness (QED) is 0.255. The molecule has 7 aliphatic rings. The molecule has 48 heavy (non-hydrogen) atoms. The van der Waals surface area contributed by atoms with Crippen molar-refractivity contribution in [1.82, 2.24) is 19.6 Å². The first kappa shape index (κ1) is 29.1. The number of urea groups is 2. The lowest BCUT2D eigenvalue weighted by Gasteiger charge is -2.49. The summed E-state index contributed by atoms with van der Waals surface area (Å²) in [7, 11) is 0. The number of hydrogen-bond donors (Lipinski definition) is 0. The highest BCUT2D eigenvalue weighted by molar-refractivity contribution is 5.90. The molecule has 2 spiro atoms. The van der Waals surface area contributed by atoms with E-state index in [9.17, 15) is 0 Å². The van der Waals surface area contributed by atoms with Crippen LogP contribution < -0.4 is 9.47 Å². The Bertz CT molecular complexity index is 1670. The maximum Gasteiger partial charge on any atom is 0.325 e. The fourth-order valence-corrected chi connectivity index (χ4v) is 8.38. The van der Waals surface area contributed by atoms with E-state index in [1.165, 1.54) is 0 Å². The van der Waals surface area contributed by atoms with Crippen LogP contribution in [0.25, 0.3) is 0 Å². The molecular formula is C38H36N4O6. The normalized spacial score (nSPS) is 24.9. The van der Waals surface area contributed by atoms with Gasteiger partial charge in [-0.3, -0.25) is 19.6 Å². The second-order valence-electron chi connectivity index (χ2n) is 12.8. The van der Waals surface area contributed by atoms with Crippen LogP contribution in [-0.4, -0.2) is 71.3 Å². The summed E-state index contributed by atoms with van der Waals surface area (Å²) in [5, 5.41) is 0. The lowest BCUT2D eigenvalue weighted by atomic mass is 9.79. The minimum absolute atomic E-state index is 0.126. The Hall–Kier alpha value is -5.06. The third kappa shape index (κ3) is 4.05. The van der Waals surface area contributed by atoms with Crippen molar-refractivity contribution in [3.05, 3.63) is 130 Å². The summed E-state index contributed by atoms with van der Waals surface area (Å²) in [5.41, 5.74) is 3.34. The fraction of sp³-hybridized carbons (Fsp3) is 0.316. The topological polar surface area (TPSA) is 84.0 Å². The van der Waals surface area contributed by atoms with Crippen LogP contribution in [-0.2, 0) is 47.0 Å². The van der Waals surface area contributed by atoms with Gasteiger partial charge in [0.1, 0.15) is 24.7 Å². The first-order valence-electron chi connectivity index (χ1n) is 16.6. The van der Waals surface area contributed by atoms with Crippen molar-refractivity contribution in [2.24, 2.45) is 0 Å². The highest BCUT2D eigenvalue weighted by Gasteiger charge is 2.80. The molecule has 0 saturated carbocycles. The monoisotopic (exact) mass is 644 g/mol. The molecule has 4 bridgehead atoms. The zero-order valence-corrected chi connectivity index (χ0v) is 26.5. The van der Waals surface area contributed by atoms with E-state index in [0.29, 0.717) is 77.3 Å². The number of carbonyl (C=O) groups is 2. The second kappa shape index (κ2) is 11.3. The van der Waals surface area contributed by atoms with Crippen LogP contribution in [0.4, 0.5) is 9.59 Å². The predicted octanol–water partition coefficient (Wildman–Crippen LogP) is 5.40. The van der Waals surface area contributed by atoms with E-state index in [1.54, 1.807) is 0 Å². The van der Waals surface area contributed by atoms with E-state index in [2.05, 4.69) is 24.3 Å². The molecule has 4 aromatic rings. The van der Waals surface area contributed by atoms with Crippen LogP contribution in [0.2, 0.25) is 0 Å². The van der Waals surface area contributed by atoms with Crippen LogP contribution in [0.15, 0.2) is 97.1 Å². The van der Waals surface area contributed by atoms with Gasteiger partial charge in [0.15, 0.2) is 11.3 Å². The van der Waals surface area contributed by atoms with Crippen molar-refractivity contribution in [1.29, 1.82) is 0 Å². The fourth-order valence-electron chi connectivity index (χ4n) is 8.38. The third-order valence-electron chi connectivity index (χ3n) is 10.4. The van der Waals surface area contributed by atoms with Gasteiger partial charge in [-0.05, 0) is 46.5 Å². The molecule has 0 radical (unpaired) electrons. The van der Waals surface area contributed by atoms with Gasteiger partial charge in [0.25, 0.3) is 0 Å². The summed E-state index contributed by atoms with van der Waals surface area (Å²) >= 11 is 0. The summed E-state index contributed by atoms with van der Waals surface area (Å²) in [6, 6.07) is 31.8. The summed E-state index contributed by atoms with van der Waals surface area (Å²) in [6.07, 6.45) is 0. The number of fused-ring (bicyclic) bond motifs is 4. The standard InChI is InChI=1S/C38H36N4O6/c43-35-39-23-27-5-1-2-6-28(27)24-40-36(44)42-26-30-8-4-3-7-29(30)25-41(35)38(42)32-11-15-34(16-12-32)48-22-20-46-18-17-45-19-21-47-33-13-9-31(10-14-33)37(38,39)40/h1-16H,17-26H2. The molecule has 4 amide bonds. The number of hydrogen-bond acceptors (Lipinski definition) is 6. The average molecular weight is 645 g/mol.